The lowest BCUT2D eigenvalue weighted by atomic mass is 9.95. The molecule has 9 nitrogen and oxygen atoms in total. The van der Waals surface area contributed by atoms with Crippen molar-refractivity contribution in [3.63, 3.8) is 0 Å². The SMILES string of the molecule is CSc1nc2c(F)c(Br)c(I)cc2c2c1nnn2[C@H]1CCN(C(=O)OC(C)(C)C)[C@H](CC(=O)O)C1. The number of piperidine rings is 1. The Balaban J connectivity index is 1.79. The molecule has 1 amide bonds. The summed E-state index contributed by atoms with van der Waals surface area (Å²) in [6, 6.07) is 1.01. The number of halogens is 3. The molecule has 1 fully saturated rings. The number of carboxylic acid groups (broad SMARTS) is 1. The molecule has 188 valence electrons. The van der Waals surface area contributed by atoms with Gasteiger partial charge in [-0.25, -0.2) is 18.9 Å². The molecule has 1 aromatic carbocycles. The monoisotopic (exact) mass is 679 g/mol. The molecule has 1 aliphatic rings. The number of likely N-dealkylation sites (tertiary alicyclic amines) is 1. The number of carboxylic acids is 1. The number of aromatic nitrogens is 4. The number of benzene rings is 1. The van der Waals surface area contributed by atoms with E-state index in [0.29, 0.717) is 48.9 Å². The van der Waals surface area contributed by atoms with Crippen LogP contribution in [0.5, 0.6) is 0 Å². The second-order valence-electron chi connectivity index (χ2n) is 9.34. The van der Waals surface area contributed by atoms with E-state index in [2.05, 4.69) is 53.8 Å². The molecule has 4 rings (SSSR count). The summed E-state index contributed by atoms with van der Waals surface area (Å²) in [6.45, 7) is 5.61. The number of fused-ring (bicyclic) bond motifs is 3. The molecule has 0 spiro atoms. The van der Waals surface area contributed by atoms with E-state index in [1.807, 2.05) is 12.3 Å². The van der Waals surface area contributed by atoms with Gasteiger partial charge in [0.25, 0.3) is 0 Å². The highest BCUT2D eigenvalue weighted by Gasteiger charge is 2.37. The largest absolute Gasteiger partial charge is 0.481 e. The minimum atomic E-state index is -1.01. The maximum atomic E-state index is 15.2. The first-order chi connectivity index (χ1) is 16.4. The van der Waals surface area contributed by atoms with Crippen LogP contribution in [0.3, 0.4) is 0 Å². The van der Waals surface area contributed by atoms with Gasteiger partial charge >= 0.3 is 12.1 Å². The molecule has 1 saturated heterocycles. The van der Waals surface area contributed by atoms with E-state index < -0.39 is 29.5 Å². The number of aliphatic carboxylic acids is 1. The molecule has 1 aliphatic heterocycles. The van der Waals surface area contributed by atoms with Crippen molar-refractivity contribution in [2.24, 2.45) is 0 Å². The Morgan fingerprint density at radius 1 is 1.37 bits per heavy atom. The van der Waals surface area contributed by atoms with E-state index in [1.54, 1.807) is 25.5 Å². The van der Waals surface area contributed by atoms with E-state index in [1.165, 1.54) is 16.7 Å². The number of nitrogens with zero attached hydrogens (tertiary/aromatic N) is 5. The van der Waals surface area contributed by atoms with Gasteiger partial charge in [0.15, 0.2) is 5.82 Å². The maximum Gasteiger partial charge on any atom is 0.410 e. The van der Waals surface area contributed by atoms with Gasteiger partial charge in [-0.2, -0.15) is 0 Å². The molecule has 3 heterocycles. The van der Waals surface area contributed by atoms with Crippen molar-refractivity contribution in [2.45, 2.75) is 62.7 Å². The molecule has 1 N–H and O–H groups in total. The molecule has 0 radical (unpaired) electrons. The average Bonchev–Trinajstić information content (AvgIpc) is 3.21. The normalized spacial score (nSPS) is 18.9. The first-order valence-corrected chi connectivity index (χ1v) is 14.0. The summed E-state index contributed by atoms with van der Waals surface area (Å²) in [7, 11) is 0. The fourth-order valence-corrected chi connectivity index (χ4v) is 5.69. The molecule has 0 saturated carbocycles. The van der Waals surface area contributed by atoms with Gasteiger partial charge in [0.1, 0.15) is 27.2 Å². The van der Waals surface area contributed by atoms with Crippen LogP contribution < -0.4 is 0 Å². The van der Waals surface area contributed by atoms with Crippen LogP contribution in [0.15, 0.2) is 15.6 Å². The number of amides is 1. The van der Waals surface area contributed by atoms with Crippen LogP contribution in [0.1, 0.15) is 46.1 Å². The first kappa shape index (κ1) is 26.3. The third kappa shape index (κ3) is 5.22. The van der Waals surface area contributed by atoms with Crippen molar-refractivity contribution in [1.82, 2.24) is 24.9 Å². The second-order valence-corrected chi connectivity index (χ2v) is 12.1. The summed E-state index contributed by atoms with van der Waals surface area (Å²) in [5, 5.41) is 19.4. The Bertz CT molecular complexity index is 1330. The molecule has 2 aromatic heterocycles. The van der Waals surface area contributed by atoms with E-state index in [-0.39, 0.29) is 18.0 Å². The summed E-state index contributed by atoms with van der Waals surface area (Å²) in [5.74, 6) is -1.46. The molecular weight excluding hydrogens is 656 g/mol. The highest BCUT2D eigenvalue weighted by Crippen LogP contribution is 2.38. The van der Waals surface area contributed by atoms with Gasteiger partial charge < -0.3 is 14.7 Å². The molecular formula is C22H24BrFIN5O4S. The topological polar surface area (TPSA) is 110 Å². The van der Waals surface area contributed by atoms with Crippen molar-refractivity contribution < 1.29 is 23.8 Å². The van der Waals surface area contributed by atoms with E-state index in [0.717, 1.165) is 0 Å². The quantitative estimate of drug-likeness (QED) is 0.215. The van der Waals surface area contributed by atoms with Gasteiger partial charge in [0.2, 0.25) is 0 Å². The Labute approximate surface area is 227 Å². The molecule has 0 aliphatic carbocycles. The fourth-order valence-electron chi connectivity index (χ4n) is 4.32. The first-order valence-electron chi connectivity index (χ1n) is 10.9. The van der Waals surface area contributed by atoms with Crippen LogP contribution in [0, 0.1) is 9.39 Å². The van der Waals surface area contributed by atoms with Gasteiger partial charge in [-0.05, 0) is 84.5 Å². The number of hydrogen-bond acceptors (Lipinski definition) is 7. The van der Waals surface area contributed by atoms with Crippen LogP contribution in [0.25, 0.3) is 21.9 Å². The number of rotatable bonds is 4. The number of carbonyl (C=O) groups excluding carboxylic acids is 1. The Morgan fingerprint density at radius 3 is 2.71 bits per heavy atom. The number of ether oxygens (including phenoxy) is 1. The highest BCUT2D eigenvalue weighted by atomic mass is 127. The van der Waals surface area contributed by atoms with Gasteiger partial charge in [-0.1, -0.05) is 5.21 Å². The minimum Gasteiger partial charge on any atom is -0.481 e. The summed E-state index contributed by atoms with van der Waals surface area (Å²) < 4.78 is 23.4. The van der Waals surface area contributed by atoms with E-state index >= 15 is 4.39 Å². The van der Waals surface area contributed by atoms with E-state index in [9.17, 15) is 14.7 Å². The van der Waals surface area contributed by atoms with Crippen LogP contribution in [-0.2, 0) is 9.53 Å². The lowest BCUT2D eigenvalue weighted by molar-refractivity contribution is -0.138. The number of carbonyl (C=O) groups is 2. The zero-order valence-electron chi connectivity index (χ0n) is 19.5. The molecule has 35 heavy (non-hydrogen) atoms. The summed E-state index contributed by atoms with van der Waals surface area (Å²) in [5.41, 5.74) is 0.728. The van der Waals surface area contributed by atoms with Crippen molar-refractivity contribution in [3.8, 4) is 0 Å². The van der Waals surface area contributed by atoms with Crippen LogP contribution in [-0.4, -0.2) is 66.5 Å². The summed E-state index contributed by atoms with van der Waals surface area (Å²) in [6.07, 6.45) is 1.95. The van der Waals surface area contributed by atoms with Gasteiger partial charge in [0.05, 0.1) is 16.9 Å². The molecule has 3 aromatic rings. The third-order valence-electron chi connectivity index (χ3n) is 5.77. The average molecular weight is 680 g/mol. The molecule has 0 bridgehead atoms. The Morgan fingerprint density at radius 2 is 2.09 bits per heavy atom. The molecule has 0 unspecified atom stereocenters. The maximum absolute atomic E-state index is 15.2. The predicted molar refractivity (Wildman–Crippen MR) is 142 cm³/mol. The van der Waals surface area contributed by atoms with Crippen molar-refractivity contribution in [2.75, 3.05) is 12.8 Å². The molecule has 13 heteroatoms. The van der Waals surface area contributed by atoms with Crippen molar-refractivity contribution in [1.29, 1.82) is 0 Å². The summed E-state index contributed by atoms with van der Waals surface area (Å²) >= 11 is 6.70. The van der Waals surface area contributed by atoms with Crippen LogP contribution in [0.2, 0.25) is 0 Å². The van der Waals surface area contributed by atoms with Gasteiger partial charge in [-0.15, -0.1) is 16.9 Å². The zero-order chi connectivity index (χ0) is 25.7. The van der Waals surface area contributed by atoms with Gasteiger partial charge in [-0.3, -0.25) is 4.79 Å². The Kier molecular flexibility index (Phi) is 7.49. The molecule has 2 atom stereocenters. The van der Waals surface area contributed by atoms with Crippen molar-refractivity contribution in [3.05, 3.63) is 19.9 Å². The fraction of sp³-hybridized carbons (Fsp3) is 0.500. The van der Waals surface area contributed by atoms with Crippen molar-refractivity contribution >= 4 is 84.3 Å². The summed E-state index contributed by atoms with van der Waals surface area (Å²) in [4.78, 5) is 30.4. The van der Waals surface area contributed by atoms with Crippen LogP contribution >= 0.6 is 50.3 Å². The number of thioether (sulfide) groups is 1. The zero-order valence-corrected chi connectivity index (χ0v) is 24.1. The van der Waals surface area contributed by atoms with Gasteiger partial charge in [0, 0.05) is 21.5 Å². The predicted octanol–water partition coefficient (Wildman–Crippen LogP) is 5.62. The smallest absolute Gasteiger partial charge is 0.410 e. The Hall–Kier alpha value is -1.74. The minimum absolute atomic E-state index is 0.214. The highest BCUT2D eigenvalue weighted by molar-refractivity contribution is 14.1. The number of pyridine rings is 1. The lowest BCUT2D eigenvalue weighted by Crippen LogP contribution is -2.49. The third-order valence-corrected chi connectivity index (χ3v) is 8.81. The second kappa shape index (κ2) is 9.96. The standard InChI is InChI=1S/C22H24BrFIN5O4S/c1-22(2,3)34-21(33)29-6-5-10(7-11(29)8-14(31)32)30-19-12-9-13(25)15(23)16(24)17(12)26-20(35-4)18(19)27-28-30/h9-11H,5-8H2,1-4H3,(H,31,32)/t10-,11-/m0/s1. The van der Waals surface area contributed by atoms with Crippen LogP contribution in [0.4, 0.5) is 9.18 Å². The lowest BCUT2D eigenvalue weighted by Gasteiger charge is -2.39. The number of hydrogen-bond donors (Lipinski definition) is 1. The van der Waals surface area contributed by atoms with E-state index in [4.69, 9.17) is 4.74 Å².